The van der Waals surface area contributed by atoms with Crippen LogP contribution in [0.1, 0.15) is 27.6 Å². The van der Waals surface area contributed by atoms with Gasteiger partial charge in [-0.3, -0.25) is 4.79 Å². The molecule has 1 heterocycles. The van der Waals surface area contributed by atoms with Gasteiger partial charge < -0.3 is 29.5 Å². The van der Waals surface area contributed by atoms with Crippen LogP contribution >= 0.6 is 0 Å². The van der Waals surface area contributed by atoms with Gasteiger partial charge in [0, 0.05) is 17.2 Å². The largest absolute Gasteiger partial charge is 0.508 e. The first-order valence-corrected chi connectivity index (χ1v) is 9.41. The van der Waals surface area contributed by atoms with E-state index >= 15 is 0 Å². The molecule has 0 aliphatic carbocycles. The van der Waals surface area contributed by atoms with Crippen molar-refractivity contribution < 1.29 is 34.3 Å². The number of hydrogen-bond acceptors (Lipinski definition) is 7. The molecule has 0 fully saturated rings. The Balaban J connectivity index is 1.88. The average Bonchev–Trinajstić information content (AvgIpc) is 2.77. The number of phenols is 3. The molecule has 158 valence electrons. The second-order valence-electron chi connectivity index (χ2n) is 6.97. The van der Waals surface area contributed by atoms with Crippen LogP contribution in [0.3, 0.4) is 0 Å². The Morgan fingerprint density at radius 1 is 0.871 bits per heavy atom. The topological polar surface area (TPSA) is 105 Å². The van der Waals surface area contributed by atoms with Gasteiger partial charge in [0.1, 0.15) is 11.5 Å². The molecule has 7 nitrogen and oxygen atoms in total. The van der Waals surface area contributed by atoms with E-state index in [-0.39, 0.29) is 40.3 Å². The van der Waals surface area contributed by atoms with E-state index in [1.54, 1.807) is 30.3 Å². The zero-order chi connectivity index (χ0) is 22.1. The van der Waals surface area contributed by atoms with Crippen molar-refractivity contribution in [3.8, 4) is 34.5 Å². The summed E-state index contributed by atoms with van der Waals surface area (Å²) in [5.41, 5.74) is 1.85. The summed E-state index contributed by atoms with van der Waals surface area (Å²) in [5, 5.41) is 29.6. The predicted molar refractivity (Wildman–Crippen MR) is 113 cm³/mol. The average molecular weight is 420 g/mol. The lowest BCUT2D eigenvalue weighted by atomic mass is 9.89. The van der Waals surface area contributed by atoms with Crippen LogP contribution in [-0.2, 0) is 0 Å². The maximum absolute atomic E-state index is 13.4. The van der Waals surface area contributed by atoms with Gasteiger partial charge in [0.15, 0.2) is 34.9 Å². The number of Topliss-reactive ketones (excluding diaryl/α,β-unsaturated/α-hetero) is 1. The number of phenolic OH excluding ortho intramolecular Hbond substituents is 3. The van der Waals surface area contributed by atoms with Crippen molar-refractivity contribution in [3.05, 3.63) is 76.9 Å². The van der Waals surface area contributed by atoms with Crippen LogP contribution in [0, 0.1) is 0 Å². The number of fused-ring (bicyclic) bond motifs is 1. The Hall–Kier alpha value is -4.13. The fourth-order valence-corrected chi connectivity index (χ4v) is 3.47. The molecule has 1 atom stereocenters. The molecule has 0 radical (unpaired) electrons. The minimum absolute atomic E-state index is 0.0171. The molecule has 1 aliphatic heterocycles. The molecule has 31 heavy (non-hydrogen) atoms. The smallest absolute Gasteiger partial charge is 0.196 e. The summed E-state index contributed by atoms with van der Waals surface area (Å²) in [6.07, 6.45) is 0.834. The Kier molecular flexibility index (Phi) is 5.17. The van der Waals surface area contributed by atoms with Gasteiger partial charge in [-0.2, -0.15) is 0 Å². The lowest BCUT2D eigenvalue weighted by Crippen LogP contribution is -2.23. The van der Waals surface area contributed by atoms with Crippen molar-refractivity contribution in [2.24, 2.45) is 0 Å². The zero-order valence-corrected chi connectivity index (χ0v) is 16.8. The summed E-state index contributed by atoms with van der Waals surface area (Å²) in [6, 6.07) is 13.7. The quantitative estimate of drug-likeness (QED) is 0.543. The highest BCUT2D eigenvalue weighted by Gasteiger charge is 2.33. The summed E-state index contributed by atoms with van der Waals surface area (Å²) >= 11 is 0. The van der Waals surface area contributed by atoms with Crippen LogP contribution < -0.4 is 14.2 Å². The van der Waals surface area contributed by atoms with Crippen LogP contribution in [0.4, 0.5) is 0 Å². The number of aromatic hydroxyl groups is 3. The van der Waals surface area contributed by atoms with E-state index in [4.69, 9.17) is 14.2 Å². The Morgan fingerprint density at radius 3 is 2.26 bits per heavy atom. The first-order valence-electron chi connectivity index (χ1n) is 9.41. The van der Waals surface area contributed by atoms with Gasteiger partial charge in [-0.15, -0.1) is 0 Å². The second-order valence-corrected chi connectivity index (χ2v) is 6.97. The van der Waals surface area contributed by atoms with Gasteiger partial charge in [-0.25, -0.2) is 0 Å². The third-order valence-corrected chi connectivity index (χ3v) is 5.03. The van der Waals surface area contributed by atoms with Crippen molar-refractivity contribution in [2.45, 2.75) is 6.10 Å². The molecule has 0 bridgehead atoms. The van der Waals surface area contributed by atoms with Gasteiger partial charge in [-0.1, -0.05) is 12.1 Å². The first kappa shape index (κ1) is 20.2. The number of carbonyl (C=O) groups excluding carboxylic acids is 1. The third kappa shape index (κ3) is 3.73. The Morgan fingerprint density at radius 2 is 1.55 bits per heavy atom. The molecule has 0 spiro atoms. The van der Waals surface area contributed by atoms with Crippen molar-refractivity contribution in [2.75, 3.05) is 14.2 Å². The van der Waals surface area contributed by atoms with Crippen LogP contribution in [0.5, 0.6) is 34.5 Å². The van der Waals surface area contributed by atoms with Crippen molar-refractivity contribution in [3.63, 3.8) is 0 Å². The SMILES string of the molecule is COc1cc(/C=C2\C(=O)c3ccc(O)cc3OC2c2ccc(O)c(OC)c2)ccc1O. The lowest BCUT2D eigenvalue weighted by molar-refractivity contribution is 0.0963. The maximum Gasteiger partial charge on any atom is 0.196 e. The molecule has 1 aliphatic rings. The number of rotatable bonds is 4. The fraction of sp³-hybridized carbons (Fsp3) is 0.125. The number of hydrogen-bond donors (Lipinski definition) is 3. The van der Waals surface area contributed by atoms with Gasteiger partial charge in [-0.05, 0) is 48.0 Å². The summed E-state index contributed by atoms with van der Waals surface area (Å²) in [6.45, 7) is 0. The maximum atomic E-state index is 13.4. The number of benzene rings is 3. The van der Waals surface area contributed by atoms with E-state index in [1.165, 1.54) is 44.6 Å². The Labute approximate surface area is 178 Å². The molecule has 0 saturated heterocycles. The predicted octanol–water partition coefficient (Wildman–Crippen LogP) is 4.22. The van der Waals surface area contributed by atoms with E-state index < -0.39 is 6.10 Å². The molecule has 0 aromatic heterocycles. The zero-order valence-electron chi connectivity index (χ0n) is 16.8. The van der Waals surface area contributed by atoms with E-state index in [0.717, 1.165) is 0 Å². The van der Waals surface area contributed by atoms with Gasteiger partial charge in [0.25, 0.3) is 0 Å². The normalized spacial score (nSPS) is 16.5. The van der Waals surface area contributed by atoms with Crippen LogP contribution in [0.2, 0.25) is 0 Å². The van der Waals surface area contributed by atoms with Gasteiger partial charge >= 0.3 is 0 Å². The van der Waals surface area contributed by atoms with E-state index in [0.29, 0.717) is 22.3 Å². The standard InChI is InChI=1S/C24H20O7/c1-29-21-10-13(3-7-18(21)26)9-17-23(28)16-6-5-15(25)12-20(16)31-24(17)14-4-8-19(27)22(11-14)30-2/h3-12,24-27H,1-2H3/b17-9+. The summed E-state index contributed by atoms with van der Waals surface area (Å²) in [4.78, 5) is 13.4. The molecule has 3 N–H and O–H groups in total. The highest BCUT2D eigenvalue weighted by atomic mass is 16.5. The summed E-state index contributed by atoms with van der Waals surface area (Å²) in [5.74, 6) is 0.404. The Bertz CT molecular complexity index is 1200. The first-order chi connectivity index (χ1) is 14.9. The third-order valence-electron chi connectivity index (χ3n) is 5.03. The highest BCUT2D eigenvalue weighted by molar-refractivity contribution is 6.14. The minimum Gasteiger partial charge on any atom is -0.508 e. The summed E-state index contributed by atoms with van der Waals surface area (Å²) < 4.78 is 16.5. The second kappa shape index (κ2) is 7.95. The summed E-state index contributed by atoms with van der Waals surface area (Å²) in [7, 11) is 2.87. The molecular weight excluding hydrogens is 400 g/mol. The lowest BCUT2D eigenvalue weighted by Gasteiger charge is -2.28. The molecule has 3 aromatic carbocycles. The van der Waals surface area contributed by atoms with E-state index in [1.807, 2.05) is 0 Å². The van der Waals surface area contributed by atoms with Crippen molar-refractivity contribution in [1.82, 2.24) is 0 Å². The number of ketones is 1. The molecule has 4 rings (SSSR count). The number of carbonyl (C=O) groups is 1. The van der Waals surface area contributed by atoms with Crippen LogP contribution in [-0.4, -0.2) is 35.3 Å². The molecular formula is C24H20O7. The van der Waals surface area contributed by atoms with Crippen LogP contribution in [0.15, 0.2) is 60.2 Å². The molecule has 7 heteroatoms. The van der Waals surface area contributed by atoms with Crippen molar-refractivity contribution in [1.29, 1.82) is 0 Å². The minimum atomic E-state index is -0.823. The molecule has 0 saturated carbocycles. The number of ether oxygens (including phenoxy) is 3. The number of methoxy groups -OCH3 is 2. The molecule has 3 aromatic rings. The van der Waals surface area contributed by atoms with Gasteiger partial charge in [0.2, 0.25) is 0 Å². The monoisotopic (exact) mass is 420 g/mol. The van der Waals surface area contributed by atoms with E-state index in [2.05, 4.69) is 0 Å². The molecule has 1 unspecified atom stereocenters. The highest BCUT2D eigenvalue weighted by Crippen LogP contribution is 2.42. The van der Waals surface area contributed by atoms with Crippen molar-refractivity contribution >= 4 is 11.9 Å². The van der Waals surface area contributed by atoms with Gasteiger partial charge in [0.05, 0.1) is 19.8 Å². The fourth-order valence-electron chi connectivity index (χ4n) is 3.47. The van der Waals surface area contributed by atoms with E-state index in [9.17, 15) is 20.1 Å². The molecule has 0 amide bonds. The van der Waals surface area contributed by atoms with Crippen LogP contribution in [0.25, 0.3) is 6.08 Å².